The zero-order chi connectivity index (χ0) is 15.0. The number of likely N-dealkylation sites (tertiary alicyclic amines) is 1. The maximum absolute atomic E-state index is 12.6. The van der Waals surface area contributed by atoms with Crippen LogP contribution >= 0.6 is 36.2 Å². The van der Waals surface area contributed by atoms with Crippen molar-refractivity contribution in [3.05, 3.63) is 23.0 Å². The first-order chi connectivity index (χ1) is 10.0. The summed E-state index contributed by atoms with van der Waals surface area (Å²) in [5.41, 5.74) is 7.69. The van der Waals surface area contributed by atoms with Crippen molar-refractivity contribution in [3.63, 3.8) is 0 Å². The van der Waals surface area contributed by atoms with Crippen molar-refractivity contribution in [2.75, 3.05) is 13.1 Å². The second kappa shape index (κ2) is 8.10. The lowest BCUT2D eigenvalue weighted by Crippen LogP contribution is -2.45. The van der Waals surface area contributed by atoms with Gasteiger partial charge in [-0.25, -0.2) is 4.98 Å². The molecule has 2 aromatic heterocycles. The summed E-state index contributed by atoms with van der Waals surface area (Å²) in [6.45, 7) is 3.30. The van der Waals surface area contributed by atoms with E-state index >= 15 is 0 Å². The third-order valence-electron chi connectivity index (χ3n) is 3.69. The lowest BCUT2D eigenvalue weighted by molar-refractivity contribution is 0.0713. The number of nitrogens with two attached hydrogens (primary N) is 1. The molecule has 128 valence electrons. The third-order valence-corrected chi connectivity index (χ3v) is 4.88. The van der Waals surface area contributed by atoms with E-state index in [0.717, 1.165) is 35.7 Å². The molecule has 0 radical (unpaired) electrons. The van der Waals surface area contributed by atoms with Gasteiger partial charge in [0, 0.05) is 37.9 Å². The van der Waals surface area contributed by atoms with Gasteiger partial charge >= 0.3 is 0 Å². The zero-order valence-electron chi connectivity index (χ0n) is 13.1. The monoisotopic (exact) mass is 377 g/mol. The number of halogens is 2. The first-order valence-corrected chi connectivity index (χ1v) is 7.87. The minimum atomic E-state index is 0. The van der Waals surface area contributed by atoms with Crippen molar-refractivity contribution in [2.24, 2.45) is 12.8 Å². The number of rotatable bonds is 2. The smallest absolute Gasteiger partial charge is 0.265 e. The third kappa shape index (κ3) is 4.23. The van der Waals surface area contributed by atoms with Gasteiger partial charge in [-0.15, -0.1) is 36.2 Å². The average Bonchev–Trinajstić information content (AvgIpc) is 3.04. The van der Waals surface area contributed by atoms with E-state index in [9.17, 15) is 4.79 Å². The summed E-state index contributed by atoms with van der Waals surface area (Å²) in [5, 5.41) is 4.99. The van der Waals surface area contributed by atoms with Gasteiger partial charge in [0.05, 0.1) is 11.9 Å². The molecule has 3 heterocycles. The summed E-state index contributed by atoms with van der Waals surface area (Å²) in [4.78, 5) is 19.7. The van der Waals surface area contributed by atoms with Crippen molar-refractivity contribution in [3.8, 4) is 10.6 Å². The normalized spacial score (nSPS) is 17.3. The standard InChI is InChI=1S/C14H19N5OS.2ClH/c1-9-12(14(20)19-5-3-4-11(15)8-19)21-13(17-9)10-6-16-18(2)7-10;;/h6-7,11H,3-5,8,15H2,1-2H3;2*1H. The fourth-order valence-corrected chi connectivity index (χ4v) is 3.60. The molecule has 0 bridgehead atoms. The van der Waals surface area contributed by atoms with Crippen LogP contribution in [-0.2, 0) is 7.05 Å². The highest BCUT2D eigenvalue weighted by molar-refractivity contribution is 7.17. The van der Waals surface area contributed by atoms with Crippen LogP contribution < -0.4 is 5.73 Å². The van der Waals surface area contributed by atoms with E-state index in [4.69, 9.17) is 5.73 Å². The van der Waals surface area contributed by atoms with Gasteiger partial charge < -0.3 is 10.6 Å². The summed E-state index contributed by atoms with van der Waals surface area (Å²) in [6.07, 6.45) is 5.64. The summed E-state index contributed by atoms with van der Waals surface area (Å²) in [6, 6.07) is 0.0914. The van der Waals surface area contributed by atoms with Crippen LogP contribution in [0.1, 0.15) is 28.2 Å². The molecule has 0 aliphatic carbocycles. The van der Waals surface area contributed by atoms with Crippen LogP contribution in [0, 0.1) is 6.92 Å². The summed E-state index contributed by atoms with van der Waals surface area (Å²) < 4.78 is 1.73. The number of thiazole rings is 1. The van der Waals surface area contributed by atoms with Crippen molar-refractivity contribution in [1.82, 2.24) is 19.7 Å². The molecular formula is C14H21Cl2N5OS. The number of amides is 1. The Hall–Kier alpha value is -1.15. The van der Waals surface area contributed by atoms with Crippen LogP contribution in [0.4, 0.5) is 0 Å². The molecule has 1 aliphatic rings. The molecule has 2 aromatic rings. The second-order valence-corrected chi connectivity index (χ2v) is 6.49. The van der Waals surface area contributed by atoms with Gasteiger partial charge in [0.25, 0.3) is 5.91 Å². The molecule has 23 heavy (non-hydrogen) atoms. The SMILES string of the molecule is Cc1nc(-c2cnn(C)c2)sc1C(=O)N1CCCC(N)C1.Cl.Cl. The van der Waals surface area contributed by atoms with Crippen LogP contribution in [0.5, 0.6) is 0 Å². The van der Waals surface area contributed by atoms with Crippen molar-refractivity contribution >= 4 is 42.1 Å². The Morgan fingerprint density at radius 3 is 2.78 bits per heavy atom. The molecule has 9 heteroatoms. The Labute approximate surface area is 151 Å². The number of hydrogen-bond donors (Lipinski definition) is 1. The second-order valence-electron chi connectivity index (χ2n) is 5.49. The number of carbonyl (C=O) groups excluding carboxylic acids is 1. The fourth-order valence-electron chi connectivity index (χ4n) is 2.59. The molecular weight excluding hydrogens is 357 g/mol. The van der Waals surface area contributed by atoms with E-state index in [1.807, 2.05) is 25.1 Å². The van der Waals surface area contributed by atoms with E-state index in [1.165, 1.54) is 11.3 Å². The maximum atomic E-state index is 12.6. The molecule has 0 aromatic carbocycles. The van der Waals surface area contributed by atoms with Crippen LogP contribution in [0.15, 0.2) is 12.4 Å². The molecule has 1 amide bonds. The zero-order valence-corrected chi connectivity index (χ0v) is 15.5. The Morgan fingerprint density at radius 1 is 1.43 bits per heavy atom. The van der Waals surface area contributed by atoms with E-state index < -0.39 is 0 Å². The Balaban J connectivity index is 0.00000132. The highest BCUT2D eigenvalue weighted by Crippen LogP contribution is 2.29. The van der Waals surface area contributed by atoms with E-state index in [1.54, 1.807) is 10.9 Å². The number of carbonyl (C=O) groups is 1. The number of nitrogens with zero attached hydrogens (tertiary/aromatic N) is 4. The van der Waals surface area contributed by atoms with E-state index in [0.29, 0.717) is 11.4 Å². The number of piperidine rings is 1. The van der Waals surface area contributed by atoms with Crippen LogP contribution in [0.3, 0.4) is 0 Å². The minimum absolute atomic E-state index is 0. The number of aromatic nitrogens is 3. The molecule has 0 saturated carbocycles. The van der Waals surface area contributed by atoms with Gasteiger partial charge in [-0.3, -0.25) is 9.48 Å². The topological polar surface area (TPSA) is 77.0 Å². The van der Waals surface area contributed by atoms with E-state index in [2.05, 4.69) is 10.1 Å². The molecule has 3 rings (SSSR count). The van der Waals surface area contributed by atoms with Crippen molar-refractivity contribution in [2.45, 2.75) is 25.8 Å². The summed E-state index contributed by atoms with van der Waals surface area (Å²) >= 11 is 1.43. The van der Waals surface area contributed by atoms with Crippen molar-refractivity contribution in [1.29, 1.82) is 0 Å². The molecule has 1 atom stereocenters. The molecule has 1 saturated heterocycles. The largest absolute Gasteiger partial charge is 0.336 e. The lowest BCUT2D eigenvalue weighted by atomic mass is 10.1. The minimum Gasteiger partial charge on any atom is -0.336 e. The fraction of sp³-hybridized carbons (Fsp3) is 0.500. The molecule has 1 unspecified atom stereocenters. The highest BCUT2D eigenvalue weighted by Gasteiger charge is 2.26. The van der Waals surface area contributed by atoms with Gasteiger partial charge in [-0.1, -0.05) is 0 Å². The molecule has 1 aliphatic heterocycles. The van der Waals surface area contributed by atoms with Gasteiger partial charge in [-0.2, -0.15) is 5.10 Å². The molecule has 6 nitrogen and oxygen atoms in total. The van der Waals surface area contributed by atoms with Gasteiger partial charge in [0.2, 0.25) is 0 Å². The van der Waals surface area contributed by atoms with Crippen LogP contribution in [0.2, 0.25) is 0 Å². The number of hydrogen-bond acceptors (Lipinski definition) is 5. The van der Waals surface area contributed by atoms with Gasteiger partial charge in [-0.05, 0) is 19.8 Å². The summed E-state index contributed by atoms with van der Waals surface area (Å²) in [7, 11) is 1.87. The predicted octanol–water partition coefficient (Wildman–Crippen LogP) is 2.26. The van der Waals surface area contributed by atoms with Gasteiger partial charge in [0.1, 0.15) is 9.88 Å². The lowest BCUT2D eigenvalue weighted by Gasteiger charge is -2.30. The maximum Gasteiger partial charge on any atom is 0.265 e. The van der Waals surface area contributed by atoms with Crippen LogP contribution in [-0.4, -0.2) is 44.7 Å². The molecule has 1 fully saturated rings. The van der Waals surface area contributed by atoms with Crippen molar-refractivity contribution < 1.29 is 4.79 Å². The Bertz CT molecular complexity index is 672. The highest BCUT2D eigenvalue weighted by atomic mass is 35.5. The predicted molar refractivity (Wildman–Crippen MR) is 96.7 cm³/mol. The Kier molecular flexibility index (Phi) is 7.01. The average molecular weight is 378 g/mol. The van der Waals surface area contributed by atoms with Gasteiger partial charge in [0.15, 0.2) is 0 Å². The number of aryl methyl sites for hydroxylation is 2. The quantitative estimate of drug-likeness (QED) is 0.870. The first kappa shape index (κ1) is 19.9. The molecule has 2 N–H and O–H groups in total. The Morgan fingerprint density at radius 2 is 2.17 bits per heavy atom. The van der Waals surface area contributed by atoms with E-state index in [-0.39, 0.29) is 36.8 Å². The molecule has 0 spiro atoms. The first-order valence-electron chi connectivity index (χ1n) is 7.06. The van der Waals surface area contributed by atoms with Crippen LogP contribution in [0.25, 0.3) is 10.6 Å². The summed E-state index contributed by atoms with van der Waals surface area (Å²) in [5.74, 6) is 0.0512.